The van der Waals surface area contributed by atoms with Crippen LogP contribution in [-0.4, -0.2) is 35.9 Å². The van der Waals surface area contributed by atoms with Gasteiger partial charge in [0.2, 0.25) is 0 Å². The average Bonchev–Trinajstić information content (AvgIpc) is 2.67. The van der Waals surface area contributed by atoms with E-state index in [9.17, 15) is 9.59 Å². The van der Waals surface area contributed by atoms with Crippen LogP contribution in [0.15, 0.2) is 36.4 Å². The van der Waals surface area contributed by atoms with Gasteiger partial charge in [-0.15, -0.1) is 0 Å². The Hall–Kier alpha value is -2.24. The van der Waals surface area contributed by atoms with Crippen LogP contribution in [0.1, 0.15) is 46.4 Å². The molecule has 0 aliphatic carbocycles. The van der Waals surface area contributed by atoms with Crippen LogP contribution >= 0.6 is 23.2 Å². The largest absolute Gasteiger partial charge is 0.493 e. The summed E-state index contributed by atoms with van der Waals surface area (Å²) in [6.07, 6.45) is 4.01. The summed E-state index contributed by atoms with van der Waals surface area (Å²) in [6, 6.07) is 10.1. The first-order valence-electron chi connectivity index (χ1n) is 9.37. The number of benzene rings is 2. The van der Waals surface area contributed by atoms with E-state index in [4.69, 9.17) is 27.9 Å². The van der Waals surface area contributed by atoms with E-state index in [1.54, 1.807) is 30.3 Å². The fraction of sp³-hybridized carbons (Fsp3) is 0.333. The summed E-state index contributed by atoms with van der Waals surface area (Å²) in [6.45, 7) is 1.34. The minimum absolute atomic E-state index is 0.0416. The van der Waals surface area contributed by atoms with Crippen molar-refractivity contribution in [2.75, 3.05) is 18.5 Å². The number of amides is 2. The van der Waals surface area contributed by atoms with E-state index in [-0.39, 0.29) is 22.9 Å². The van der Waals surface area contributed by atoms with E-state index in [1.807, 2.05) is 4.90 Å². The highest BCUT2D eigenvalue weighted by Crippen LogP contribution is 2.31. The molecule has 2 aromatic carbocycles. The van der Waals surface area contributed by atoms with Crippen molar-refractivity contribution in [3.63, 3.8) is 0 Å². The predicted octanol–water partition coefficient (Wildman–Crippen LogP) is 5.02. The lowest BCUT2D eigenvalue weighted by Crippen LogP contribution is -2.45. The van der Waals surface area contributed by atoms with E-state index < -0.39 is 0 Å². The molecule has 1 N–H and O–H groups in total. The van der Waals surface area contributed by atoms with Crippen molar-refractivity contribution >= 4 is 40.7 Å². The molecule has 5 nitrogen and oxygen atoms in total. The smallest absolute Gasteiger partial charge is 0.257 e. The first-order chi connectivity index (χ1) is 13.5. The van der Waals surface area contributed by atoms with Crippen molar-refractivity contribution in [1.82, 2.24) is 4.90 Å². The molecule has 2 amide bonds. The van der Waals surface area contributed by atoms with Gasteiger partial charge in [-0.2, -0.15) is 0 Å². The Morgan fingerprint density at radius 3 is 2.79 bits per heavy atom. The van der Waals surface area contributed by atoms with Crippen LogP contribution in [0.5, 0.6) is 5.75 Å². The summed E-state index contributed by atoms with van der Waals surface area (Å²) in [5, 5.41) is 3.53. The summed E-state index contributed by atoms with van der Waals surface area (Å²) in [4.78, 5) is 27.7. The van der Waals surface area contributed by atoms with Crippen molar-refractivity contribution in [2.45, 2.75) is 31.7 Å². The van der Waals surface area contributed by atoms with Gasteiger partial charge in [0.05, 0.1) is 22.8 Å². The Balaban J connectivity index is 1.60. The van der Waals surface area contributed by atoms with E-state index in [0.717, 1.165) is 32.2 Å². The van der Waals surface area contributed by atoms with Crippen LogP contribution in [0.3, 0.4) is 0 Å². The molecule has 2 aliphatic heterocycles. The van der Waals surface area contributed by atoms with Gasteiger partial charge < -0.3 is 15.0 Å². The van der Waals surface area contributed by atoms with Crippen LogP contribution < -0.4 is 10.1 Å². The number of anilines is 1. The molecule has 1 atom stereocenters. The molecule has 0 saturated carbocycles. The van der Waals surface area contributed by atoms with Gasteiger partial charge >= 0.3 is 0 Å². The Morgan fingerprint density at radius 2 is 1.96 bits per heavy atom. The quantitative estimate of drug-likeness (QED) is 0.744. The van der Waals surface area contributed by atoms with Gasteiger partial charge in [-0.25, -0.2) is 0 Å². The number of ether oxygens (including phenoxy) is 1. The molecule has 4 rings (SSSR count). The molecule has 2 aliphatic rings. The summed E-state index contributed by atoms with van der Waals surface area (Å²) >= 11 is 12.0. The number of carbonyl (C=O) groups excluding carboxylic acids is 2. The van der Waals surface area contributed by atoms with E-state index in [0.29, 0.717) is 34.2 Å². The first-order valence-corrected chi connectivity index (χ1v) is 10.1. The van der Waals surface area contributed by atoms with Crippen molar-refractivity contribution < 1.29 is 14.3 Å². The molecule has 7 heteroatoms. The van der Waals surface area contributed by atoms with E-state index in [1.165, 1.54) is 6.07 Å². The maximum absolute atomic E-state index is 13.1. The third-order valence-electron chi connectivity index (χ3n) is 5.24. The van der Waals surface area contributed by atoms with Crippen LogP contribution in [0.4, 0.5) is 5.69 Å². The number of carbonyl (C=O) groups is 2. The summed E-state index contributed by atoms with van der Waals surface area (Å²) in [7, 11) is 0. The van der Waals surface area contributed by atoms with Crippen molar-refractivity contribution in [3.8, 4) is 5.75 Å². The zero-order valence-corrected chi connectivity index (χ0v) is 16.7. The lowest BCUT2D eigenvalue weighted by atomic mass is 9.97. The average molecular weight is 419 g/mol. The van der Waals surface area contributed by atoms with Gasteiger partial charge in [0.1, 0.15) is 5.75 Å². The van der Waals surface area contributed by atoms with Gasteiger partial charge in [-0.05, 0) is 55.7 Å². The molecule has 1 saturated heterocycles. The lowest BCUT2D eigenvalue weighted by molar-refractivity contribution is 0.0548. The SMILES string of the molecule is O=C(Nc1ccc2c(c1)C(=O)N1CCCCC1CCO2)c1ccc(Cl)cc1Cl. The van der Waals surface area contributed by atoms with Crippen LogP contribution in [0.25, 0.3) is 0 Å². The molecule has 0 spiro atoms. The summed E-state index contributed by atoms with van der Waals surface area (Å²) in [5.74, 6) is 0.147. The Kier molecular flexibility index (Phi) is 5.47. The topological polar surface area (TPSA) is 58.6 Å². The predicted molar refractivity (Wildman–Crippen MR) is 110 cm³/mol. The van der Waals surface area contributed by atoms with Gasteiger partial charge in [-0.1, -0.05) is 23.2 Å². The second kappa shape index (κ2) is 8.02. The van der Waals surface area contributed by atoms with Gasteiger partial charge in [0, 0.05) is 29.7 Å². The normalized spacial score (nSPS) is 19.0. The lowest BCUT2D eigenvalue weighted by Gasteiger charge is -2.37. The molecular weight excluding hydrogens is 399 g/mol. The molecule has 0 aromatic heterocycles. The molecule has 0 bridgehead atoms. The zero-order valence-electron chi connectivity index (χ0n) is 15.2. The molecule has 0 radical (unpaired) electrons. The third-order valence-corrected chi connectivity index (χ3v) is 5.79. The Morgan fingerprint density at radius 1 is 1.11 bits per heavy atom. The number of hydrogen-bond acceptors (Lipinski definition) is 3. The second-order valence-electron chi connectivity index (χ2n) is 7.07. The number of halogens is 2. The molecule has 146 valence electrons. The third kappa shape index (κ3) is 3.82. The fourth-order valence-electron chi connectivity index (χ4n) is 3.80. The van der Waals surface area contributed by atoms with Crippen LogP contribution in [0.2, 0.25) is 10.0 Å². The van der Waals surface area contributed by atoms with Crippen LogP contribution in [-0.2, 0) is 0 Å². The summed E-state index contributed by atoms with van der Waals surface area (Å²) in [5.41, 5.74) is 1.31. The van der Waals surface area contributed by atoms with Crippen molar-refractivity contribution in [1.29, 1.82) is 0 Å². The van der Waals surface area contributed by atoms with Gasteiger partial charge in [0.25, 0.3) is 11.8 Å². The first kappa shape index (κ1) is 19.1. The minimum Gasteiger partial charge on any atom is -0.493 e. The zero-order chi connectivity index (χ0) is 19.7. The van der Waals surface area contributed by atoms with Crippen LogP contribution in [0, 0.1) is 0 Å². The van der Waals surface area contributed by atoms with Gasteiger partial charge in [0.15, 0.2) is 0 Å². The van der Waals surface area contributed by atoms with Crippen molar-refractivity contribution in [2.24, 2.45) is 0 Å². The fourth-order valence-corrected chi connectivity index (χ4v) is 4.29. The van der Waals surface area contributed by atoms with E-state index >= 15 is 0 Å². The number of rotatable bonds is 2. The molecule has 2 aromatic rings. The number of hydrogen-bond donors (Lipinski definition) is 1. The number of nitrogens with zero attached hydrogens (tertiary/aromatic N) is 1. The highest BCUT2D eigenvalue weighted by Gasteiger charge is 2.31. The van der Waals surface area contributed by atoms with Crippen molar-refractivity contribution in [3.05, 3.63) is 57.6 Å². The maximum atomic E-state index is 13.1. The molecule has 2 heterocycles. The molecule has 28 heavy (non-hydrogen) atoms. The molecule has 1 fully saturated rings. The number of piperidine rings is 1. The Labute approximate surface area is 173 Å². The monoisotopic (exact) mass is 418 g/mol. The second-order valence-corrected chi connectivity index (χ2v) is 7.92. The Bertz CT molecular complexity index is 932. The molecule has 1 unspecified atom stereocenters. The summed E-state index contributed by atoms with van der Waals surface area (Å²) < 4.78 is 5.83. The molecular formula is C21H20Cl2N2O3. The highest BCUT2D eigenvalue weighted by molar-refractivity contribution is 6.37. The highest BCUT2D eigenvalue weighted by atomic mass is 35.5. The number of nitrogens with one attached hydrogen (secondary N) is 1. The standard InChI is InChI=1S/C21H20Cl2N2O3/c22-13-4-6-16(18(23)11-13)20(26)24-14-5-7-19-17(12-14)21(27)25-9-2-1-3-15(25)8-10-28-19/h4-7,11-12,15H,1-3,8-10H2,(H,24,26). The minimum atomic E-state index is -0.364. The van der Waals surface area contributed by atoms with Gasteiger partial charge in [-0.3, -0.25) is 9.59 Å². The maximum Gasteiger partial charge on any atom is 0.257 e. The number of fused-ring (bicyclic) bond motifs is 2. The van der Waals surface area contributed by atoms with E-state index in [2.05, 4.69) is 5.32 Å².